The van der Waals surface area contributed by atoms with E-state index in [0.717, 1.165) is 0 Å². The standard InChI is InChI=1S/C16H14N2O4S/c1-17(2)16(23)22-14-5-3-4-12(10-14)15(19)11-6-8-13(9-7-11)18(20)21/h3-10H,1-2H3. The topological polar surface area (TPSA) is 72.7 Å². The van der Waals surface area contributed by atoms with Crippen LogP contribution in [-0.4, -0.2) is 34.9 Å². The van der Waals surface area contributed by atoms with Crippen molar-refractivity contribution in [3.05, 3.63) is 69.8 Å². The molecule has 0 heterocycles. The number of thiocarbonyl (C=S) groups is 1. The van der Waals surface area contributed by atoms with Gasteiger partial charge in [0.1, 0.15) is 5.75 Å². The van der Waals surface area contributed by atoms with Crippen molar-refractivity contribution in [2.75, 3.05) is 14.1 Å². The third kappa shape index (κ3) is 4.10. The third-order valence-electron chi connectivity index (χ3n) is 3.01. The molecule has 23 heavy (non-hydrogen) atoms. The predicted octanol–water partition coefficient (Wildman–Crippen LogP) is 3.05. The molecule has 0 aromatic heterocycles. The highest BCUT2D eigenvalue weighted by Crippen LogP contribution is 2.19. The van der Waals surface area contributed by atoms with Gasteiger partial charge in [0.25, 0.3) is 10.9 Å². The number of nitrogens with zero attached hydrogens (tertiary/aromatic N) is 2. The molecule has 0 atom stereocenters. The Hall–Kier alpha value is -2.80. The van der Waals surface area contributed by atoms with E-state index < -0.39 is 4.92 Å². The molecule has 0 unspecified atom stereocenters. The number of ketones is 1. The fourth-order valence-electron chi connectivity index (χ4n) is 1.79. The van der Waals surface area contributed by atoms with Crippen LogP contribution >= 0.6 is 12.2 Å². The minimum atomic E-state index is -0.509. The maximum absolute atomic E-state index is 12.4. The summed E-state index contributed by atoms with van der Waals surface area (Å²) in [6, 6.07) is 12.1. The molecule has 2 aromatic rings. The van der Waals surface area contributed by atoms with Crippen molar-refractivity contribution in [3.63, 3.8) is 0 Å². The van der Waals surface area contributed by atoms with Gasteiger partial charge < -0.3 is 9.64 Å². The summed E-state index contributed by atoms with van der Waals surface area (Å²) >= 11 is 5.06. The first-order chi connectivity index (χ1) is 10.9. The summed E-state index contributed by atoms with van der Waals surface area (Å²) in [4.78, 5) is 24.2. The summed E-state index contributed by atoms with van der Waals surface area (Å²) < 4.78 is 5.47. The molecule has 118 valence electrons. The van der Waals surface area contributed by atoms with Crippen LogP contribution in [0.3, 0.4) is 0 Å². The Labute approximate surface area is 138 Å². The Kier molecular flexibility index (Phi) is 5.02. The molecule has 0 amide bonds. The number of carbonyl (C=O) groups excluding carboxylic acids is 1. The molecule has 0 radical (unpaired) electrons. The van der Waals surface area contributed by atoms with Gasteiger partial charge in [-0.25, -0.2) is 0 Å². The van der Waals surface area contributed by atoms with Crippen molar-refractivity contribution in [1.82, 2.24) is 4.90 Å². The lowest BCUT2D eigenvalue weighted by Gasteiger charge is -2.14. The van der Waals surface area contributed by atoms with Crippen LogP contribution in [0.25, 0.3) is 0 Å². The van der Waals surface area contributed by atoms with Gasteiger partial charge in [-0.3, -0.25) is 14.9 Å². The molecule has 0 fully saturated rings. The maximum Gasteiger partial charge on any atom is 0.269 e. The largest absolute Gasteiger partial charge is 0.432 e. The summed E-state index contributed by atoms with van der Waals surface area (Å²) in [5.41, 5.74) is 0.718. The smallest absolute Gasteiger partial charge is 0.269 e. The first-order valence-electron chi connectivity index (χ1n) is 6.67. The fourth-order valence-corrected chi connectivity index (χ4v) is 1.89. The van der Waals surface area contributed by atoms with Crippen LogP contribution in [0.2, 0.25) is 0 Å². The van der Waals surface area contributed by atoms with Gasteiger partial charge in [0, 0.05) is 37.4 Å². The highest BCUT2D eigenvalue weighted by Gasteiger charge is 2.13. The highest BCUT2D eigenvalue weighted by molar-refractivity contribution is 7.80. The first kappa shape index (κ1) is 16.6. The summed E-state index contributed by atoms with van der Waals surface area (Å²) in [6.07, 6.45) is 0. The van der Waals surface area contributed by atoms with E-state index in [9.17, 15) is 14.9 Å². The average Bonchev–Trinajstić information content (AvgIpc) is 2.54. The van der Waals surface area contributed by atoms with Crippen molar-refractivity contribution in [2.45, 2.75) is 0 Å². The molecule has 0 aliphatic carbocycles. The zero-order valence-electron chi connectivity index (χ0n) is 12.6. The van der Waals surface area contributed by atoms with E-state index >= 15 is 0 Å². The Bertz CT molecular complexity index is 757. The molecular weight excluding hydrogens is 316 g/mol. The van der Waals surface area contributed by atoms with Crippen LogP contribution in [0.1, 0.15) is 15.9 Å². The molecule has 0 bridgehead atoms. The molecule has 2 rings (SSSR count). The molecule has 6 nitrogen and oxygen atoms in total. The second-order valence-electron chi connectivity index (χ2n) is 4.92. The summed E-state index contributed by atoms with van der Waals surface area (Å²) in [5, 5.41) is 10.9. The Morgan fingerprint density at radius 2 is 1.78 bits per heavy atom. The van der Waals surface area contributed by atoms with Gasteiger partial charge in [-0.2, -0.15) is 0 Å². The van der Waals surface area contributed by atoms with Crippen molar-refractivity contribution < 1.29 is 14.5 Å². The van der Waals surface area contributed by atoms with Crippen LogP contribution in [0.15, 0.2) is 48.5 Å². The summed E-state index contributed by atoms with van der Waals surface area (Å²) in [7, 11) is 3.52. The second-order valence-corrected chi connectivity index (χ2v) is 5.27. The number of rotatable bonds is 4. The Morgan fingerprint density at radius 1 is 1.13 bits per heavy atom. The van der Waals surface area contributed by atoms with Crippen LogP contribution in [0.4, 0.5) is 5.69 Å². The number of nitro groups is 1. The number of carbonyl (C=O) groups is 1. The number of hydrogen-bond acceptors (Lipinski definition) is 5. The van der Waals surface area contributed by atoms with Gasteiger partial charge in [0.2, 0.25) is 0 Å². The second kappa shape index (κ2) is 6.97. The SMILES string of the molecule is CN(C)C(=S)Oc1cccc(C(=O)c2ccc([N+](=O)[O-])cc2)c1. The monoisotopic (exact) mass is 330 g/mol. The van der Waals surface area contributed by atoms with Crippen LogP contribution in [-0.2, 0) is 0 Å². The number of ether oxygens (including phenoxy) is 1. The van der Waals surface area contributed by atoms with Crippen LogP contribution in [0, 0.1) is 10.1 Å². The van der Waals surface area contributed by atoms with E-state index in [-0.39, 0.29) is 16.6 Å². The van der Waals surface area contributed by atoms with E-state index in [0.29, 0.717) is 16.9 Å². The lowest BCUT2D eigenvalue weighted by Crippen LogP contribution is -2.25. The van der Waals surface area contributed by atoms with Gasteiger partial charge >= 0.3 is 0 Å². The van der Waals surface area contributed by atoms with E-state index in [1.807, 2.05) is 0 Å². The summed E-state index contributed by atoms with van der Waals surface area (Å²) in [6.45, 7) is 0. The average molecular weight is 330 g/mol. The quantitative estimate of drug-likeness (QED) is 0.371. The molecule has 0 saturated carbocycles. The van der Waals surface area contributed by atoms with Crippen molar-refractivity contribution in [2.24, 2.45) is 0 Å². The molecule has 7 heteroatoms. The number of nitro benzene ring substituents is 1. The maximum atomic E-state index is 12.4. The zero-order chi connectivity index (χ0) is 17.0. The molecular formula is C16H14N2O4S. The summed E-state index contributed by atoms with van der Waals surface area (Å²) in [5.74, 6) is 0.206. The van der Waals surface area contributed by atoms with E-state index in [4.69, 9.17) is 17.0 Å². The van der Waals surface area contributed by atoms with Gasteiger partial charge in [0.05, 0.1) is 4.92 Å². The fraction of sp³-hybridized carbons (Fsp3) is 0.125. The minimum absolute atomic E-state index is 0.0602. The highest BCUT2D eigenvalue weighted by atomic mass is 32.1. The zero-order valence-corrected chi connectivity index (χ0v) is 13.4. The van der Waals surface area contributed by atoms with Crippen molar-refractivity contribution in [3.8, 4) is 5.75 Å². The number of benzene rings is 2. The molecule has 0 saturated heterocycles. The van der Waals surface area contributed by atoms with Gasteiger partial charge in [-0.15, -0.1) is 0 Å². The van der Waals surface area contributed by atoms with E-state index in [1.165, 1.54) is 24.3 Å². The number of hydrogen-bond donors (Lipinski definition) is 0. The van der Waals surface area contributed by atoms with Gasteiger partial charge in [-0.05, 0) is 36.5 Å². The minimum Gasteiger partial charge on any atom is -0.432 e. The van der Waals surface area contributed by atoms with E-state index in [2.05, 4.69) is 0 Å². The number of non-ortho nitro benzene ring substituents is 1. The van der Waals surface area contributed by atoms with Gasteiger partial charge in [-0.1, -0.05) is 12.1 Å². The lowest BCUT2D eigenvalue weighted by molar-refractivity contribution is -0.384. The van der Waals surface area contributed by atoms with Crippen molar-refractivity contribution in [1.29, 1.82) is 0 Å². The van der Waals surface area contributed by atoms with Gasteiger partial charge in [0.15, 0.2) is 5.78 Å². The molecule has 0 N–H and O–H groups in total. The van der Waals surface area contributed by atoms with E-state index in [1.54, 1.807) is 43.3 Å². The Balaban J connectivity index is 2.22. The predicted molar refractivity (Wildman–Crippen MR) is 89.9 cm³/mol. The molecule has 0 aliphatic heterocycles. The first-order valence-corrected chi connectivity index (χ1v) is 7.07. The Morgan fingerprint density at radius 3 is 2.35 bits per heavy atom. The van der Waals surface area contributed by atoms with Crippen LogP contribution in [0.5, 0.6) is 5.75 Å². The normalized spacial score (nSPS) is 10.0. The van der Waals surface area contributed by atoms with Crippen molar-refractivity contribution >= 4 is 28.9 Å². The molecule has 0 aliphatic rings. The molecule has 0 spiro atoms. The lowest BCUT2D eigenvalue weighted by atomic mass is 10.0. The molecule has 2 aromatic carbocycles. The van der Waals surface area contributed by atoms with Crippen LogP contribution < -0.4 is 4.74 Å². The third-order valence-corrected chi connectivity index (χ3v) is 3.46.